The molecule has 1 amide bonds. The summed E-state index contributed by atoms with van der Waals surface area (Å²) < 4.78 is 0. The zero-order valence-corrected chi connectivity index (χ0v) is 18.8. The average molecular weight is 435 g/mol. The highest BCUT2D eigenvalue weighted by atomic mass is 35.5. The molecular weight excluding hydrogens is 412 g/mol. The summed E-state index contributed by atoms with van der Waals surface area (Å²) in [6.45, 7) is 6.86. The van der Waals surface area contributed by atoms with Gasteiger partial charge in [-0.2, -0.15) is 0 Å². The van der Waals surface area contributed by atoms with E-state index in [0.29, 0.717) is 17.1 Å². The molecule has 0 unspecified atom stereocenters. The summed E-state index contributed by atoms with van der Waals surface area (Å²) in [4.78, 5) is 19.9. The standard InChI is InChI=1S/C25H23ClN2OS/c1-15-4-5-16(2)24-23(15)17(3)28-21-14-19(8-11-22(21)30-24)25(29)27-13-12-18-6-9-20(26)10-7-18/h4-11,14H,12-13H2,1-3H3,(H,27,29). The fourth-order valence-corrected chi connectivity index (χ4v) is 4.95. The monoisotopic (exact) mass is 434 g/mol. The Balaban J connectivity index is 1.53. The molecule has 152 valence electrons. The molecule has 0 fully saturated rings. The van der Waals surface area contributed by atoms with Crippen molar-refractivity contribution in [1.82, 2.24) is 5.32 Å². The minimum atomic E-state index is -0.0845. The average Bonchev–Trinajstić information content (AvgIpc) is 2.88. The lowest BCUT2D eigenvalue weighted by molar-refractivity contribution is 0.0954. The number of rotatable bonds is 4. The van der Waals surface area contributed by atoms with Gasteiger partial charge in [0.1, 0.15) is 0 Å². The van der Waals surface area contributed by atoms with Crippen LogP contribution in [0.4, 0.5) is 5.69 Å². The van der Waals surface area contributed by atoms with Crippen LogP contribution in [0.5, 0.6) is 0 Å². The van der Waals surface area contributed by atoms with Gasteiger partial charge in [0.2, 0.25) is 0 Å². The summed E-state index contributed by atoms with van der Waals surface area (Å²) in [5, 5.41) is 3.72. The van der Waals surface area contributed by atoms with Gasteiger partial charge < -0.3 is 5.32 Å². The molecule has 3 aromatic carbocycles. The fraction of sp³-hybridized carbons (Fsp3) is 0.200. The predicted octanol–water partition coefficient (Wildman–Crippen LogP) is 6.53. The molecule has 1 aliphatic rings. The van der Waals surface area contributed by atoms with Crippen LogP contribution < -0.4 is 5.32 Å². The van der Waals surface area contributed by atoms with E-state index in [1.807, 2.05) is 49.4 Å². The molecule has 0 saturated heterocycles. The van der Waals surface area contributed by atoms with E-state index in [4.69, 9.17) is 16.6 Å². The number of carbonyl (C=O) groups is 1. The van der Waals surface area contributed by atoms with E-state index in [0.717, 1.165) is 28.3 Å². The summed E-state index contributed by atoms with van der Waals surface area (Å²) in [7, 11) is 0. The summed E-state index contributed by atoms with van der Waals surface area (Å²) in [5.74, 6) is -0.0845. The van der Waals surface area contributed by atoms with E-state index < -0.39 is 0 Å². The molecule has 0 saturated carbocycles. The Morgan fingerprint density at radius 3 is 2.50 bits per heavy atom. The first-order valence-electron chi connectivity index (χ1n) is 9.93. The molecule has 1 heterocycles. The Morgan fingerprint density at radius 1 is 1.00 bits per heavy atom. The number of hydrogen-bond acceptors (Lipinski definition) is 3. The zero-order valence-electron chi connectivity index (χ0n) is 17.3. The molecule has 0 atom stereocenters. The van der Waals surface area contributed by atoms with E-state index in [-0.39, 0.29) is 5.91 Å². The first kappa shape index (κ1) is 20.7. The maximum Gasteiger partial charge on any atom is 0.251 e. The number of benzene rings is 3. The van der Waals surface area contributed by atoms with Gasteiger partial charge in [0.15, 0.2) is 0 Å². The highest BCUT2D eigenvalue weighted by Crippen LogP contribution is 2.43. The van der Waals surface area contributed by atoms with Crippen molar-refractivity contribution in [2.45, 2.75) is 37.0 Å². The topological polar surface area (TPSA) is 41.5 Å². The lowest BCUT2D eigenvalue weighted by atomic mass is 10.0. The van der Waals surface area contributed by atoms with Crippen molar-refractivity contribution in [3.63, 3.8) is 0 Å². The van der Waals surface area contributed by atoms with Gasteiger partial charge in [-0.05, 0) is 74.2 Å². The smallest absolute Gasteiger partial charge is 0.251 e. The van der Waals surface area contributed by atoms with Crippen molar-refractivity contribution >= 4 is 40.7 Å². The molecular formula is C25H23ClN2OS. The molecule has 0 spiro atoms. The Kier molecular flexibility index (Phi) is 5.98. The Morgan fingerprint density at radius 2 is 1.73 bits per heavy atom. The van der Waals surface area contributed by atoms with Crippen LogP contribution in [0.25, 0.3) is 0 Å². The molecule has 1 N–H and O–H groups in total. The Bertz CT molecular complexity index is 1150. The van der Waals surface area contributed by atoms with E-state index in [2.05, 4.69) is 31.3 Å². The quantitative estimate of drug-likeness (QED) is 0.506. The molecule has 4 rings (SSSR count). The van der Waals surface area contributed by atoms with Crippen LogP contribution in [0.3, 0.4) is 0 Å². The maximum atomic E-state index is 12.7. The van der Waals surface area contributed by atoms with Gasteiger partial charge in [-0.25, -0.2) is 0 Å². The third-order valence-electron chi connectivity index (χ3n) is 5.26. The zero-order chi connectivity index (χ0) is 21.3. The molecule has 0 aromatic heterocycles. The number of amides is 1. The van der Waals surface area contributed by atoms with Gasteiger partial charge in [-0.1, -0.05) is 47.6 Å². The van der Waals surface area contributed by atoms with Crippen molar-refractivity contribution in [1.29, 1.82) is 0 Å². The maximum absolute atomic E-state index is 12.7. The van der Waals surface area contributed by atoms with Gasteiger partial charge >= 0.3 is 0 Å². The second-order valence-corrected chi connectivity index (χ2v) is 9.01. The minimum Gasteiger partial charge on any atom is -0.352 e. The van der Waals surface area contributed by atoms with Gasteiger partial charge in [-0.3, -0.25) is 9.79 Å². The number of nitrogens with one attached hydrogen (secondary N) is 1. The number of fused-ring (bicyclic) bond motifs is 2. The highest BCUT2D eigenvalue weighted by molar-refractivity contribution is 7.99. The Hall–Kier alpha value is -2.56. The van der Waals surface area contributed by atoms with E-state index in [9.17, 15) is 4.79 Å². The second kappa shape index (κ2) is 8.66. The fourth-order valence-electron chi connectivity index (χ4n) is 3.62. The number of aliphatic imine (C=N–C) groups is 1. The number of halogens is 1. The van der Waals surface area contributed by atoms with Crippen LogP contribution in [-0.2, 0) is 6.42 Å². The van der Waals surface area contributed by atoms with Gasteiger partial charge in [-0.15, -0.1) is 0 Å². The van der Waals surface area contributed by atoms with E-state index in [1.54, 1.807) is 11.8 Å². The normalized spacial score (nSPS) is 12.5. The summed E-state index contributed by atoms with van der Waals surface area (Å²) in [6, 6.07) is 17.8. The third-order valence-corrected chi connectivity index (χ3v) is 6.81. The number of aryl methyl sites for hydroxylation is 2. The molecule has 0 radical (unpaired) electrons. The van der Waals surface area contributed by atoms with Crippen LogP contribution in [0, 0.1) is 13.8 Å². The van der Waals surface area contributed by atoms with Gasteiger partial charge in [0.05, 0.1) is 5.69 Å². The predicted molar refractivity (Wildman–Crippen MR) is 126 cm³/mol. The molecule has 0 bridgehead atoms. The number of carbonyl (C=O) groups excluding carboxylic acids is 1. The largest absolute Gasteiger partial charge is 0.352 e. The molecule has 5 heteroatoms. The van der Waals surface area contributed by atoms with Crippen molar-refractivity contribution in [2.75, 3.05) is 6.54 Å². The van der Waals surface area contributed by atoms with Crippen LogP contribution in [0.15, 0.2) is 69.4 Å². The number of hydrogen-bond donors (Lipinski definition) is 1. The summed E-state index contributed by atoms with van der Waals surface area (Å²) in [6.07, 6.45) is 0.759. The molecule has 1 aliphatic heterocycles. The molecule has 0 aliphatic carbocycles. The van der Waals surface area contributed by atoms with Gasteiger partial charge in [0, 0.05) is 38.2 Å². The molecule has 3 nitrogen and oxygen atoms in total. The van der Waals surface area contributed by atoms with Crippen LogP contribution in [0.2, 0.25) is 5.02 Å². The van der Waals surface area contributed by atoms with Crippen molar-refractivity contribution < 1.29 is 4.79 Å². The summed E-state index contributed by atoms with van der Waals surface area (Å²) >= 11 is 7.65. The van der Waals surface area contributed by atoms with Crippen molar-refractivity contribution in [2.24, 2.45) is 4.99 Å². The lowest BCUT2D eigenvalue weighted by Gasteiger charge is -2.12. The molecule has 3 aromatic rings. The SMILES string of the molecule is CC1=Nc2cc(C(=O)NCCc3ccc(Cl)cc3)ccc2Sc2c(C)ccc(C)c21. The first-order chi connectivity index (χ1) is 14.4. The first-order valence-corrected chi connectivity index (χ1v) is 11.1. The van der Waals surface area contributed by atoms with Crippen LogP contribution >= 0.6 is 23.4 Å². The van der Waals surface area contributed by atoms with Gasteiger partial charge in [0.25, 0.3) is 5.91 Å². The summed E-state index contributed by atoms with van der Waals surface area (Å²) in [5.41, 5.74) is 7.26. The van der Waals surface area contributed by atoms with Crippen molar-refractivity contribution in [3.8, 4) is 0 Å². The van der Waals surface area contributed by atoms with Crippen LogP contribution in [0.1, 0.15) is 39.5 Å². The van der Waals surface area contributed by atoms with E-state index in [1.165, 1.54) is 21.6 Å². The van der Waals surface area contributed by atoms with Crippen molar-refractivity contribution in [3.05, 3.63) is 87.4 Å². The number of nitrogens with zero attached hydrogens (tertiary/aromatic N) is 1. The minimum absolute atomic E-state index is 0.0845. The highest BCUT2D eigenvalue weighted by Gasteiger charge is 2.19. The molecule has 30 heavy (non-hydrogen) atoms. The van der Waals surface area contributed by atoms with Crippen LogP contribution in [-0.4, -0.2) is 18.2 Å². The lowest BCUT2D eigenvalue weighted by Crippen LogP contribution is -2.25. The third kappa shape index (κ3) is 4.30. The van der Waals surface area contributed by atoms with E-state index >= 15 is 0 Å². The Labute approximate surface area is 186 Å². The second-order valence-electron chi connectivity index (χ2n) is 7.52.